The second-order valence-electron chi connectivity index (χ2n) is 4.56. The topological polar surface area (TPSA) is 0 Å². The molecule has 0 atom stereocenters. The van der Waals surface area contributed by atoms with Gasteiger partial charge in [-0.3, -0.25) is 6.08 Å². The van der Waals surface area contributed by atoms with Gasteiger partial charge in [0, 0.05) is 0 Å². The summed E-state index contributed by atoms with van der Waals surface area (Å²) in [6, 6.07) is 8.91. The average molecular weight is 445 g/mol. The standard InChI is InChI=1S/C12H13.C5H5.2CH3.2ClH.Si.Zr/c1-8-6-11-9(2)4-5-10(3)12(11)7-8;1-2-4-5-3-1;;;;;;/h4-7H,1-3H3;1-3H,4H2;2*1H3;2*1H;;/q4*-1;;;;. The molecule has 128 valence electrons. The van der Waals surface area contributed by atoms with Crippen molar-refractivity contribution in [1.29, 1.82) is 0 Å². The third-order valence-corrected chi connectivity index (χ3v) is 3.05. The Labute approximate surface area is 172 Å². The van der Waals surface area contributed by atoms with Gasteiger partial charge in [0.25, 0.3) is 0 Å². The second-order valence-corrected chi connectivity index (χ2v) is 4.56. The Morgan fingerprint density at radius 1 is 1.04 bits per heavy atom. The summed E-state index contributed by atoms with van der Waals surface area (Å²) < 4.78 is 0. The van der Waals surface area contributed by atoms with E-state index in [0.717, 1.165) is 6.42 Å². The molecule has 0 aromatic heterocycles. The van der Waals surface area contributed by atoms with Gasteiger partial charge in [0.15, 0.2) is 0 Å². The van der Waals surface area contributed by atoms with Gasteiger partial charge in [0.1, 0.15) is 0 Å². The van der Waals surface area contributed by atoms with E-state index in [1.54, 1.807) is 0 Å². The summed E-state index contributed by atoms with van der Waals surface area (Å²) in [6.07, 6.45) is 10.0. The van der Waals surface area contributed by atoms with Crippen LogP contribution in [0.2, 0.25) is 0 Å². The predicted octanol–water partition coefficient (Wildman–Crippen LogP) is 6.15. The van der Waals surface area contributed by atoms with E-state index in [4.69, 9.17) is 0 Å². The van der Waals surface area contributed by atoms with Crippen LogP contribution in [0.15, 0.2) is 42.5 Å². The van der Waals surface area contributed by atoms with Crippen LogP contribution in [-0.2, 0) is 23.3 Å². The Kier molecular flexibility index (Phi) is 22.6. The summed E-state index contributed by atoms with van der Waals surface area (Å²) in [5.74, 6) is 0. The third kappa shape index (κ3) is 9.77. The molecule has 1 aliphatic carbocycles. The fourth-order valence-electron chi connectivity index (χ4n) is 2.07. The molecule has 0 nitrogen and oxygen atoms in total. The number of aryl methyl sites for hydroxylation is 3. The first-order valence-corrected chi connectivity index (χ1v) is 10.5. The Morgan fingerprint density at radius 2 is 1.61 bits per heavy atom. The number of fused-ring (bicyclic) bond motifs is 1. The summed E-state index contributed by atoms with van der Waals surface area (Å²) in [6.45, 7) is 9.55. The van der Waals surface area contributed by atoms with Crippen LogP contribution in [0, 0.1) is 41.7 Å². The molecular formula is C19H26Cl2SiZr-4. The number of hydrogen-bond donors (Lipinski definition) is 0. The Morgan fingerprint density at radius 3 is 2.00 bits per heavy atom. The molecule has 0 saturated carbocycles. The van der Waals surface area contributed by atoms with Gasteiger partial charge in [0.2, 0.25) is 0 Å². The summed E-state index contributed by atoms with van der Waals surface area (Å²) >= 11 is 1.36. The fraction of sp³-hybridized carbons (Fsp3) is 0.211. The van der Waals surface area contributed by atoms with Crippen LogP contribution >= 0.6 is 24.8 Å². The third-order valence-electron chi connectivity index (χ3n) is 3.05. The molecule has 0 N–H and O–H groups in total. The minimum absolute atomic E-state index is 0. The number of hydrogen-bond acceptors (Lipinski definition) is 0. The molecule has 0 heterocycles. The van der Waals surface area contributed by atoms with Gasteiger partial charge in [-0.05, 0) is 6.92 Å². The predicted molar refractivity (Wildman–Crippen MR) is 108 cm³/mol. The van der Waals surface area contributed by atoms with Gasteiger partial charge in [-0.25, -0.2) is 12.2 Å². The molecular weight excluding hydrogens is 418 g/mol. The summed E-state index contributed by atoms with van der Waals surface area (Å²) in [7, 11) is 0. The number of halogens is 2. The van der Waals surface area contributed by atoms with Crippen molar-refractivity contribution in [2.24, 2.45) is 0 Å². The van der Waals surface area contributed by atoms with Crippen LogP contribution in [0.5, 0.6) is 0 Å². The van der Waals surface area contributed by atoms with Crippen molar-refractivity contribution in [2.75, 3.05) is 0 Å². The first kappa shape index (κ1) is 30.8. The number of benzene rings is 1. The molecule has 0 unspecified atom stereocenters. The first-order valence-electron chi connectivity index (χ1n) is 6.28. The van der Waals surface area contributed by atoms with Crippen molar-refractivity contribution in [3.63, 3.8) is 0 Å². The Hall–Kier alpha value is -0.0100. The maximum atomic E-state index is 3.06. The molecule has 2 aromatic rings. The second kappa shape index (κ2) is 16.8. The molecule has 0 fully saturated rings. The van der Waals surface area contributed by atoms with Crippen molar-refractivity contribution in [3.8, 4) is 0 Å². The zero-order valence-electron chi connectivity index (χ0n) is 14.6. The zero-order valence-corrected chi connectivity index (χ0v) is 19.7. The van der Waals surface area contributed by atoms with Gasteiger partial charge < -0.3 is 14.9 Å². The van der Waals surface area contributed by atoms with E-state index in [2.05, 4.69) is 64.1 Å². The summed E-state index contributed by atoms with van der Waals surface area (Å²) in [5.41, 5.74) is 4.12. The summed E-state index contributed by atoms with van der Waals surface area (Å²) in [5, 5.41) is 2.82. The van der Waals surface area contributed by atoms with Crippen molar-refractivity contribution >= 4 is 42.5 Å². The molecule has 0 aliphatic heterocycles. The average Bonchev–Trinajstić information content (AvgIpc) is 3.09. The van der Waals surface area contributed by atoms with Crippen LogP contribution in [-0.4, -0.2) is 6.88 Å². The molecule has 1 aliphatic rings. The maximum absolute atomic E-state index is 3.06. The van der Waals surface area contributed by atoms with Crippen LogP contribution in [0.4, 0.5) is 0 Å². The van der Waals surface area contributed by atoms with E-state index in [0.29, 0.717) is 0 Å². The monoisotopic (exact) mass is 442 g/mol. The molecule has 0 bridgehead atoms. The molecule has 0 spiro atoms. The van der Waals surface area contributed by atoms with E-state index in [9.17, 15) is 0 Å². The molecule has 4 heteroatoms. The van der Waals surface area contributed by atoms with E-state index >= 15 is 0 Å². The minimum atomic E-state index is 0. The van der Waals surface area contributed by atoms with E-state index < -0.39 is 0 Å². The molecule has 2 aromatic carbocycles. The first-order chi connectivity index (χ1) is 9.18. The van der Waals surface area contributed by atoms with Gasteiger partial charge in [0.05, 0.1) is 0 Å². The van der Waals surface area contributed by atoms with Crippen LogP contribution < -0.4 is 0 Å². The fourth-order valence-corrected chi connectivity index (χ4v) is 2.07. The van der Waals surface area contributed by atoms with Gasteiger partial charge in [-0.1, -0.05) is 25.5 Å². The quantitative estimate of drug-likeness (QED) is 0.338. The van der Waals surface area contributed by atoms with E-state index in [1.807, 2.05) is 12.2 Å². The van der Waals surface area contributed by atoms with Crippen LogP contribution in [0.3, 0.4) is 0 Å². The summed E-state index contributed by atoms with van der Waals surface area (Å²) in [4.78, 5) is 0. The molecule has 0 amide bonds. The van der Waals surface area contributed by atoms with E-state index in [-0.39, 0.29) is 39.7 Å². The van der Waals surface area contributed by atoms with Gasteiger partial charge in [-0.2, -0.15) is 12.1 Å². The van der Waals surface area contributed by atoms with Crippen molar-refractivity contribution < 1.29 is 23.3 Å². The molecule has 2 radical (unpaired) electrons. The van der Waals surface area contributed by atoms with E-state index in [1.165, 1.54) is 50.8 Å². The molecule has 0 saturated heterocycles. The Balaban J connectivity index is -0.000000143. The SMILES string of the molecule is Cc1cc2c(C)ccc(C)c2[cH-]1.Cl.Cl.[C-]1=CC=CC1.[CH3-].[CH3-].[Si]=[Zr]. The normalized spacial score (nSPS) is 9.65. The van der Waals surface area contributed by atoms with Crippen LogP contribution in [0.25, 0.3) is 10.8 Å². The number of rotatable bonds is 0. The van der Waals surface area contributed by atoms with Crippen LogP contribution in [0.1, 0.15) is 23.1 Å². The van der Waals surface area contributed by atoms with Crippen molar-refractivity contribution in [1.82, 2.24) is 0 Å². The van der Waals surface area contributed by atoms with Crippen molar-refractivity contribution in [2.45, 2.75) is 27.2 Å². The zero-order chi connectivity index (χ0) is 14.3. The Bertz CT molecular complexity index is 552. The molecule has 3 rings (SSSR count). The number of allylic oxidation sites excluding steroid dienone is 4. The van der Waals surface area contributed by atoms with Crippen molar-refractivity contribution in [3.05, 3.63) is 80.1 Å². The van der Waals surface area contributed by atoms with Gasteiger partial charge >= 0.3 is 30.2 Å². The van der Waals surface area contributed by atoms with Gasteiger partial charge in [-0.15, -0.1) is 65.3 Å². The molecule has 23 heavy (non-hydrogen) atoms.